The normalized spacial score (nSPS) is 18.7. The average molecular weight is 488 g/mol. The Labute approximate surface area is 193 Å². The molecule has 6 nitrogen and oxygen atoms in total. The maximum atomic E-state index is 12.8. The van der Waals surface area contributed by atoms with E-state index >= 15 is 0 Å². The lowest BCUT2D eigenvalue weighted by Gasteiger charge is -2.32. The van der Waals surface area contributed by atoms with E-state index in [-0.39, 0.29) is 16.8 Å². The molecule has 0 aromatic carbocycles. The van der Waals surface area contributed by atoms with Gasteiger partial charge in [-0.1, -0.05) is 18.0 Å². The fraction of sp³-hybridized carbons (Fsp3) is 0.571. The Morgan fingerprint density at radius 1 is 1.19 bits per heavy atom. The second kappa shape index (κ2) is 9.93. The first-order valence-corrected chi connectivity index (χ1v) is 12.0. The molecule has 4 heterocycles. The first-order chi connectivity index (χ1) is 15.3. The molecule has 0 bridgehead atoms. The number of hydrogen-bond donors (Lipinski definition) is 1. The third kappa shape index (κ3) is 5.71. The van der Waals surface area contributed by atoms with Crippen LogP contribution in [0.1, 0.15) is 43.4 Å². The number of nitrogens with one attached hydrogen (secondary N) is 1. The van der Waals surface area contributed by atoms with Gasteiger partial charge in [0, 0.05) is 37.1 Å². The highest BCUT2D eigenvalue weighted by molar-refractivity contribution is 7.13. The van der Waals surface area contributed by atoms with Gasteiger partial charge < -0.3 is 10.2 Å². The lowest BCUT2D eigenvalue weighted by atomic mass is 9.96. The van der Waals surface area contributed by atoms with Gasteiger partial charge in [0.2, 0.25) is 5.91 Å². The summed E-state index contributed by atoms with van der Waals surface area (Å²) >= 11 is 7.49. The first kappa shape index (κ1) is 23.3. The minimum Gasteiger partial charge on any atom is -0.355 e. The standard InChI is InChI=1S/C21H25ClF3N5OS/c22-17-10-15(21(23,24)25)11-26-18(17)30-8-4-14(5-9-30)19(31)28-20-27-16(13-32-20)12-29-6-2-1-3-7-29/h10-11,13-14H,1-9,12H2,(H,27,28,31). The van der Waals surface area contributed by atoms with Crippen molar-refractivity contribution in [2.75, 3.05) is 36.4 Å². The van der Waals surface area contributed by atoms with Crippen molar-refractivity contribution in [1.82, 2.24) is 14.9 Å². The van der Waals surface area contributed by atoms with E-state index in [4.69, 9.17) is 11.6 Å². The maximum Gasteiger partial charge on any atom is 0.417 e. The van der Waals surface area contributed by atoms with Crippen molar-refractivity contribution in [2.45, 2.75) is 44.8 Å². The van der Waals surface area contributed by atoms with Crippen LogP contribution in [-0.2, 0) is 17.5 Å². The number of piperidine rings is 2. The number of hydrogen-bond acceptors (Lipinski definition) is 6. The summed E-state index contributed by atoms with van der Waals surface area (Å²) in [5.74, 6) is 0.0599. The second-order valence-corrected chi connectivity index (χ2v) is 9.52. The van der Waals surface area contributed by atoms with Crippen LogP contribution in [0.3, 0.4) is 0 Å². The Bertz CT molecular complexity index is 940. The molecule has 32 heavy (non-hydrogen) atoms. The Morgan fingerprint density at radius 3 is 2.56 bits per heavy atom. The van der Waals surface area contributed by atoms with Crippen molar-refractivity contribution in [2.24, 2.45) is 5.92 Å². The summed E-state index contributed by atoms with van der Waals surface area (Å²) in [6.07, 6.45) is 1.18. The van der Waals surface area contributed by atoms with Crippen LogP contribution >= 0.6 is 22.9 Å². The number of aromatic nitrogens is 2. The van der Waals surface area contributed by atoms with E-state index in [0.717, 1.165) is 37.6 Å². The van der Waals surface area contributed by atoms with Crippen molar-refractivity contribution >= 4 is 39.8 Å². The molecule has 4 rings (SSSR count). The number of halogens is 4. The van der Waals surface area contributed by atoms with Gasteiger partial charge in [-0.15, -0.1) is 11.3 Å². The molecule has 2 saturated heterocycles. The molecule has 0 saturated carbocycles. The van der Waals surface area contributed by atoms with Gasteiger partial charge in [0.05, 0.1) is 16.3 Å². The predicted octanol–water partition coefficient (Wildman–Crippen LogP) is 5.05. The number of alkyl halides is 3. The lowest BCUT2D eigenvalue weighted by molar-refractivity contribution is -0.137. The SMILES string of the molecule is O=C(Nc1nc(CN2CCCCC2)cs1)C1CCN(c2ncc(C(F)(F)F)cc2Cl)CC1. The number of anilines is 2. The van der Waals surface area contributed by atoms with E-state index in [2.05, 4.69) is 20.2 Å². The minimum absolute atomic E-state index is 0.0354. The summed E-state index contributed by atoms with van der Waals surface area (Å²) in [5, 5.41) is 5.49. The molecule has 11 heteroatoms. The molecular formula is C21H25ClF3N5OS. The molecule has 2 aliphatic rings. The number of pyridine rings is 1. The third-order valence-corrected chi connectivity index (χ3v) is 7.02. The Kier molecular flexibility index (Phi) is 7.21. The van der Waals surface area contributed by atoms with Crippen molar-refractivity contribution in [1.29, 1.82) is 0 Å². The third-order valence-electron chi connectivity index (χ3n) is 5.93. The molecule has 1 amide bonds. The van der Waals surface area contributed by atoms with Crippen LogP contribution in [0.5, 0.6) is 0 Å². The Morgan fingerprint density at radius 2 is 1.91 bits per heavy atom. The van der Waals surface area contributed by atoms with Crippen LogP contribution in [0.25, 0.3) is 0 Å². The van der Waals surface area contributed by atoms with Gasteiger partial charge in [-0.25, -0.2) is 9.97 Å². The monoisotopic (exact) mass is 487 g/mol. The van der Waals surface area contributed by atoms with Crippen LogP contribution in [-0.4, -0.2) is 47.0 Å². The summed E-state index contributed by atoms with van der Waals surface area (Å²) in [6, 6.07) is 0.895. The largest absolute Gasteiger partial charge is 0.417 e. The highest BCUT2D eigenvalue weighted by Crippen LogP contribution is 2.34. The van der Waals surface area contributed by atoms with Gasteiger partial charge in [-0.2, -0.15) is 13.2 Å². The topological polar surface area (TPSA) is 61.4 Å². The van der Waals surface area contributed by atoms with E-state index in [1.54, 1.807) is 0 Å². The molecule has 0 spiro atoms. The van der Waals surface area contributed by atoms with Crippen molar-refractivity contribution in [3.05, 3.63) is 33.9 Å². The summed E-state index contributed by atoms with van der Waals surface area (Å²) in [6.45, 7) is 3.99. The maximum absolute atomic E-state index is 12.8. The summed E-state index contributed by atoms with van der Waals surface area (Å²) in [7, 11) is 0. The Balaban J connectivity index is 1.28. The Hall–Kier alpha value is -1.91. The van der Waals surface area contributed by atoms with Crippen LogP contribution in [0.4, 0.5) is 24.1 Å². The quantitative estimate of drug-likeness (QED) is 0.639. The molecule has 2 aromatic heterocycles. The molecule has 0 radical (unpaired) electrons. The summed E-state index contributed by atoms with van der Waals surface area (Å²) in [5.41, 5.74) is 0.105. The zero-order valence-electron chi connectivity index (χ0n) is 17.5. The molecule has 174 valence electrons. The van der Waals surface area contributed by atoms with Gasteiger partial charge in [0.15, 0.2) is 5.13 Å². The number of amides is 1. The molecular weight excluding hydrogens is 463 g/mol. The highest BCUT2D eigenvalue weighted by Gasteiger charge is 2.33. The summed E-state index contributed by atoms with van der Waals surface area (Å²) in [4.78, 5) is 25.4. The number of rotatable bonds is 5. The predicted molar refractivity (Wildman–Crippen MR) is 119 cm³/mol. The van der Waals surface area contributed by atoms with Gasteiger partial charge >= 0.3 is 6.18 Å². The van der Waals surface area contributed by atoms with E-state index in [9.17, 15) is 18.0 Å². The molecule has 0 unspecified atom stereocenters. The zero-order valence-corrected chi connectivity index (χ0v) is 19.1. The summed E-state index contributed by atoms with van der Waals surface area (Å²) < 4.78 is 38.4. The van der Waals surface area contributed by atoms with Gasteiger partial charge in [-0.3, -0.25) is 9.69 Å². The van der Waals surface area contributed by atoms with Crippen LogP contribution in [0.15, 0.2) is 17.6 Å². The lowest BCUT2D eigenvalue weighted by Crippen LogP contribution is -2.38. The number of carbonyl (C=O) groups is 1. The molecule has 2 aromatic rings. The van der Waals surface area contributed by atoms with Crippen LogP contribution < -0.4 is 10.2 Å². The van der Waals surface area contributed by atoms with E-state index in [0.29, 0.717) is 36.9 Å². The van der Waals surface area contributed by atoms with E-state index < -0.39 is 11.7 Å². The highest BCUT2D eigenvalue weighted by atomic mass is 35.5. The van der Waals surface area contributed by atoms with Gasteiger partial charge in [0.25, 0.3) is 0 Å². The number of carbonyl (C=O) groups excluding carboxylic acids is 1. The zero-order chi connectivity index (χ0) is 22.7. The second-order valence-electron chi connectivity index (χ2n) is 8.26. The van der Waals surface area contributed by atoms with Crippen molar-refractivity contribution in [3.63, 3.8) is 0 Å². The average Bonchev–Trinajstić information content (AvgIpc) is 3.20. The molecule has 0 atom stereocenters. The number of thiazole rings is 1. The van der Waals surface area contributed by atoms with E-state index in [1.807, 2.05) is 10.3 Å². The first-order valence-electron chi connectivity index (χ1n) is 10.7. The van der Waals surface area contributed by atoms with Gasteiger partial charge in [0.1, 0.15) is 5.82 Å². The fourth-order valence-corrected chi connectivity index (χ4v) is 5.15. The number of likely N-dealkylation sites (tertiary alicyclic amines) is 1. The van der Waals surface area contributed by atoms with Gasteiger partial charge in [-0.05, 0) is 44.8 Å². The molecule has 2 aliphatic heterocycles. The fourth-order valence-electron chi connectivity index (χ4n) is 4.16. The van der Waals surface area contributed by atoms with Crippen LogP contribution in [0, 0.1) is 5.92 Å². The van der Waals surface area contributed by atoms with Crippen molar-refractivity contribution in [3.8, 4) is 0 Å². The smallest absolute Gasteiger partial charge is 0.355 e. The van der Waals surface area contributed by atoms with Crippen LogP contribution in [0.2, 0.25) is 5.02 Å². The molecule has 0 aliphatic carbocycles. The molecule has 2 fully saturated rings. The van der Waals surface area contributed by atoms with E-state index in [1.165, 1.54) is 30.6 Å². The minimum atomic E-state index is -4.48. The number of nitrogens with zero attached hydrogens (tertiary/aromatic N) is 4. The molecule has 1 N–H and O–H groups in total. The van der Waals surface area contributed by atoms with Crippen molar-refractivity contribution < 1.29 is 18.0 Å².